The fourth-order valence-corrected chi connectivity index (χ4v) is 1.31. The average molecular weight is 210 g/mol. The number of benzene rings is 1. The smallest absolute Gasteiger partial charge is 0.290 e. The number of hydrogen-bond acceptors (Lipinski definition) is 2. The molecule has 80 valence electrons. The van der Waals surface area contributed by atoms with E-state index in [0.717, 1.165) is 16.9 Å². The minimum absolute atomic E-state index is 0.240. The molecule has 2 N–H and O–H groups in total. The molecule has 5 heteroatoms. The summed E-state index contributed by atoms with van der Waals surface area (Å²) in [5.74, 6) is 0.509. The minimum atomic E-state index is -0.250. The fraction of sp³-hybridized carbons (Fsp3) is 0.200. The second-order valence-corrected chi connectivity index (χ2v) is 3.02. The van der Waals surface area contributed by atoms with Crippen LogP contribution in [0.1, 0.15) is 11.4 Å². The van der Waals surface area contributed by atoms with Crippen LogP contribution in [0.3, 0.4) is 0 Å². The van der Waals surface area contributed by atoms with Gasteiger partial charge in [-0.3, -0.25) is 4.79 Å². The van der Waals surface area contributed by atoms with Crippen molar-refractivity contribution in [1.82, 2.24) is 9.97 Å². The summed E-state index contributed by atoms with van der Waals surface area (Å²) in [4.78, 5) is 15.4. The van der Waals surface area contributed by atoms with Gasteiger partial charge in [0.25, 0.3) is 6.47 Å². The predicted molar refractivity (Wildman–Crippen MR) is 54.2 cm³/mol. The molecular formula is C10H11FN2O2. The molecule has 0 unspecified atom stereocenters. The van der Waals surface area contributed by atoms with Crippen molar-refractivity contribution in [2.24, 2.45) is 0 Å². The normalized spacial score (nSPS) is 9.53. The summed E-state index contributed by atoms with van der Waals surface area (Å²) in [6.45, 7) is 3.49. The molecule has 4 nitrogen and oxygen atoms in total. The van der Waals surface area contributed by atoms with Crippen molar-refractivity contribution in [2.75, 3.05) is 0 Å². The molecular weight excluding hydrogens is 199 g/mol. The number of nitrogens with one attached hydrogen (secondary N) is 1. The largest absolute Gasteiger partial charge is 0.483 e. The zero-order chi connectivity index (χ0) is 11.4. The summed E-state index contributed by atoms with van der Waals surface area (Å²) in [6.07, 6.45) is 0. The molecule has 1 heterocycles. The zero-order valence-corrected chi connectivity index (χ0v) is 8.41. The van der Waals surface area contributed by atoms with E-state index >= 15 is 0 Å². The first-order valence-electron chi connectivity index (χ1n) is 4.29. The summed E-state index contributed by atoms with van der Waals surface area (Å²) in [5, 5.41) is 6.89. The molecule has 0 saturated heterocycles. The maximum absolute atomic E-state index is 13.1. The van der Waals surface area contributed by atoms with Crippen LogP contribution in [0.25, 0.3) is 11.0 Å². The van der Waals surface area contributed by atoms with Gasteiger partial charge in [-0.1, -0.05) is 6.07 Å². The van der Waals surface area contributed by atoms with Crippen molar-refractivity contribution in [3.05, 3.63) is 29.3 Å². The number of fused-ring (bicyclic) bond motifs is 1. The average Bonchev–Trinajstić information content (AvgIpc) is 2.56. The van der Waals surface area contributed by atoms with Crippen molar-refractivity contribution in [3.8, 4) is 0 Å². The molecule has 0 aliphatic carbocycles. The molecule has 2 rings (SSSR count). The van der Waals surface area contributed by atoms with Gasteiger partial charge >= 0.3 is 0 Å². The molecule has 1 aromatic heterocycles. The molecule has 0 spiro atoms. The van der Waals surface area contributed by atoms with E-state index in [0.29, 0.717) is 5.52 Å². The molecule has 0 aliphatic heterocycles. The number of hydrogen-bond donors (Lipinski definition) is 2. The van der Waals surface area contributed by atoms with Crippen LogP contribution < -0.4 is 0 Å². The highest BCUT2D eigenvalue weighted by Gasteiger charge is 2.06. The van der Waals surface area contributed by atoms with Gasteiger partial charge in [-0.05, 0) is 25.5 Å². The number of carbonyl (C=O) groups is 1. The van der Waals surface area contributed by atoms with E-state index in [9.17, 15) is 4.39 Å². The topological polar surface area (TPSA) is 66.0 Å². The Balaban J connectivity index is 0.000000337. The third kappa shape index (κ3) is 2.31. The lowest BCUT2D eigenvalue weighted by atomic mass is 10.2. The number of rotatable bonds is 0. The van der Waals surface area contributed by atoms with Crippen molar-refractivity contribution in [1.29, 1.82) is 0 Å². The number of halogens is 1. The first-order valence-corrected chi connectivity index (χ1v) is 4.29. The number of aromatic amines is 1. The van der Waals surface area contributed by atoms with Crippen molar-refractivity contribution in [2.45, 2.75) is 13.8 Å². The van der Waals surface area contributed by atoms with Crippen LogP contribution in [0.4, 0.5) is 4.39 Å². The number of aromatic nitrogens is 2. The van der Waals surface area contributed by atoms with Gasteiger partial charge in [0, 0.05) is 0 Å². The SMILES string of the molecule is Cc1nc2c(C)ccc(F)c2[nH]1.O=CO. The van der Waals surface area contributed by atoms with Crippen LogP contribution in [-0.4, -0.2) is 21.5 Å². The van der Waals surface area contributed by atoms with Gasteiger partial charge in [-0.2, -0.15) is 0 Å². The van der Waals surface area contributed by atoms with Gasteiger partial charge < -0.3 is 10.1 Å². The fourth-order valence-electron chi connectivity index (χ4n) is 1.31. The van der Waals surface area contributed by atoms with E-state index in [1.165, 1.54) is 6.07 Å². The Morgan fingerprint density at radius 1 is 1.47 bits per heavy atom. The molecule has 0 saturated carbocycles. The Kier molecular flexibility index (Phi) is 3.38. The van der Waals surface area contributed by atoms with Gasteiger partial charge in [-0.15, -0.1) is 0 Å². The van der Waals surface area contributed by atoms with Gasteiger partial charge in [-0.25, -0.2) is 9.37 Å². The molecule has 0 aliphatic rings. The summed E-state index contributed by atoms with van der Waals surface area (Å²) >= 11 is 0. The molecule has 1 aromatic carbocycles. The van der Waals surface area contributed by atoms with Gasteiger partial charge in [0.05, 0.1) is 5.52 Å². The predicted octanol–water partition coefficient (Wildman–Crippen LogP) is 2.02. The van der Waals surface area contributed by atoms with Crippen LogP contribution in [-0.2, 0) is 4.79 Å². The van der Waals surface area contributed by atoms with Gasteiger partial charge in [0.2, 0.25) is 0 Å². The molecule has 0 amide bonds. The highest BCUT2D eigenvalue weighted by atomic mass is 19.1. The second kappa shape index (κ2) is 4.54. The van der Waals surface area contributed by atoms with E-state index < -0.39 is 0 Å². The maximum atomic E-state index is 13.1. The monoisotopic (exact) mass is 210 g/mol. The number of H-pyrrole nitrogens is 1. The first-order chi connectivity index (χ1) is 7.10. The lowest BCUT2D eigenvalue weighted by Crippen LogP contribution is -1.80. The van der Waals surface area contributed by atoms with Crippen LogP contribution in [0.5, 0.6) is 0 Å². The third-order valence-corrected chi connectivity index (χ3v) is 1.91. The van der Waals surface area contributed by atoms with Crippen LogP contribution in [0.2, 0.25) is 0 Å². The molecule has 0 fully saturated rings. The molecule has 0 atom stereocenters. The van der Waals surface area contributed by atoms with Crippen molar-refractivity contribution in [3.63, 3.8) is 0 Å². The number of carboxylic acid groups (broad SMARTS) is 1. The highest BCUT2D eigenvalue weighted by molar-refractivity contribution is 5.79. The Bertz CT molecular complexity index is 440. The van der Waals surface area contributed by atoms with Crippen LogP contribution >= 0.6 is 0 Å². The Morgan fingerprint density at radius 3 is 2.60 bits per heavy atom. The van der Waals surface area contributed by atoms with Crippen molar-refractivity contribution >= 4 is 17.5 Å². The van der Waals surface area contributed by atoms with Crippen molar-refractivity contribution < 1.29 is 14.3 Å². The standard InChI is InChI=1S/C9H9FN2.CH2O2/c1-5-3-4-7(10)9-8(5)11-6(2)12-9;2-1-3/h3-4H,1-2H3,(H,11,12);1H,(H,2,3). The lowest BCUT2D eigenvalue weighted by molar-refractivity contribution is -0.122. The maximum Gasteiger partial charge on any atom is 0.290 e. The summed E-state index contributed by atoms with van der Waals surface area (Å²) in [5.41, 5.74) is 2.23. The Labute approximate surface area is 85.8 Å². The quantitative estimate of drug-likeness (QED) is 0.654. The van der Waals surface area contributed by atoms with E-state index in [1.807, 2.05) is 13.8 Å². The lowest BCUT2D eigenvalue weighted by Gasteiger charge is -1.93. The zero-order valence-electron chi connectivity index (χ0n) is 8.41. The van der Waals surface area contributed by atoms with E-state index in [-0.39, 0.29) is 12.3 Å². The third-order valence-electron chi connectivity index (χ3n) is 1.91. The minimum Gasteiger partial charge on any atom is -0.483 e. The Hall–Kier alpha value is -1.91. The summed E-state index contributed by atoms with van der Waals surface area (Å²) in [6, 6.07) is 3.19. The van der Waals surface area contributed by atoms with Crippen LogP contribution in [0, 0.1) is 19.7 Å². The Morgan fingerprint density at radius 2 is 2.07 bits per heavy atom. The number of imidazole rings is 1. The summed E-state index contributed by atoms with van der Waals surface area (Å²) < 4.78 is 13.1. The second-order valence-electron chi connectivity index (χ2n) is 3.02. The van der Waals surface area contributed by atoms with E-state index in [4.69, 9.17) is 9.90 Å². The van der Waals surface area contributed by atoms with Crippen LogP contribution in [0.15, 0.2) is 12.1 Å². The molecule has 15 heavy (non-hydrogen) atoms. The first kappa shape index (κ1) is 11.2. The van der Waals surface area contributed by atoms with E-state index in [1.54, 1.807) is 6.07 Å². The highest BCUT2D eigenvalue weighted by Crippen LogP contribution is 2.18. The molecule has 0 bridgehead atoms. The summed E-state index contributed by atoms with van der Waals surface area (Å²) in [7, 11) is 0. The molecule has 2 aromatic rings. The van der Waals surface area contributed by atoms with Gasteiger partial charge in [0.1, 0.15) is 17.2 Å². The van der Waals surface area contributed by atoms with E-state index in [2.05, 4.69) is 9.97 Å². The molecule has 0 radical (unpaired) electrons. The number of nitrogens with zero attached hydrogens (tertiary/aromatic N) is 1. The van der Waals surface area contributed by atoms with Gasteiger partial charge in [0.15, 0.2) is 0 Å². The number of aryl methyl sites for hydroxylation is 2.